The molecule has 0 spiro atoms. The summed E-state index contributed by atoms with van der Waals surface area (Å²) in [4.78, 5) is 4.20. The SMILES string of the molecule is Nc1ccc(-c2noc(-c3cc(Br)ccc3F)n2)cc1. The van der Waals surface area contributed by atoms with Crippen molar-refractivity contribution in [3.05, 3.63) is 52.8 Å². The van der Waals surface area contributed by atoms with Gasteiger partial charge in [-0.25, -0.2) is 4.39 Å². The summed E-state index contributed by atoms with van der Waals surface area (Å²) in [5, 5.41) is 3.85. The zero-order valence-electron chi connectivity index (χ0n) is 10.2. The van der Waals surface area contributed by atoms with E-state index in [9.17, 15) is 4.39 Å². The molecule has 3 rings (SSSR count). The number of halogens is 2. The summed E-state index contributed by atoms with van der Waals surface area (Å²) < 4.78 is 19.6. The van der Waals surface area contributed by atoms with E-state index in [0.29, 0.717) is 11.5 Å². The Labute approximate surface area is 122 Å². The first kappa shape index (κ1) is 12.8. The molecule has 3 aromatic rings. The van der Waals surface area contributed by atoms with Crippen LogP contribution in [0.1, 0.15) is 0 Å². The second kappa shape index (κ2) is 5.05. The topological polar surface area (TPSA) is 64.9 Å². The van der Waals surface area contributed by atoms with Crippen LogP contribution in [0.3, 0.4) is 0 Å². The first-order valence-electron chi connectivity index (χ1n) is 5.78. The first-order chi connectivity index (χ1) is 9.63. The lowest BCUT2D eigenvalue weighted by atomic mass is 10.2. The highest BCUT2D eigenvalue weighted by atomic mass is 79.9. The molecular weight excluding hydrogens is 325 g/mol. The molecule has 4 nitrogen and oxygen atoms in total. The summed E-state index contributed by atoms with van der Waals surface area (Å²) in [6, 6.07) is 11.6. The third-order valence-corrected chi connectivity index (χ3v) is 3.25. The first-order valence-corrected chi connectivity index (χ1v) is 6.58. The molecule has 1 aromatic heterocycles. The molecule has 0 amide bonds. The van der Waals surface area contributed by atoms with Gasteiger partial charge in [0.05, 0.1) is 5.56 Å². The molecular formula is C14H9BrFN3O. The van der Waals surface area contributed by atoms with Crippen LogP contribution >= 0.6 is 15.9 Å². The number of anilines is 1. The number of nitrogens with two attached hydrogens (primary N) is 1. The molecule has 2 N–H and O–H groups in total. The summed E-state index contributed by atoms with van der Waals surface area (Å²) in [5.41, 5.74) is 7.28. The summed E-state index contributed by atoms with van der Waals surface area (Å²) in [6.07, 6.45) is 0. The standard InChI is InChI=1S/C14H9BrFN3O/c15-9-3-6-12(16)11(7-9)14-18-13(19-20-14)8-1-4-10(17)5-2-8/h1-7H,17H2. The second-order valence-electron chi connectivity index (χ2n) is 4.17. The maximum Gasteiger partial charge on any atom is 0.261 e. The molecule has 0 saturated carbocycles. The Bertz CT molecular complexity index is 755. The smallest absolute Gasteiger partial charge is 0.261 e. The van der Waals surface area contributed by atoms with E-state index in [0.717, 1.165) is 10.0 Å². The third kappa shape index (κ3) is 2.42. The van der Waals surface area contributed by atoms with Gasteiger partial charge in [-0.1, -0.05) is 21.1 Å². The Morgan fingerprint density at radius 2 is 1.85 bits per heavy atom. The molecule has 1 heterocycles. The van der Waals surface area contributed by atoms with E-state index in [2.05, 4.69) is 26.1 Å². The predicted molar refractivity (Wildman–Crippen MR) is 77.2 cm³/mol. The minimum Gasteiger partial charge on any atom is -0.399 e. The molecule has 0 aliphatic rings. The van der Waals surface area contributed by atoms with E-state index >= 15 is 0 Å². The van der Waals surface area contributed by atoms with Crippen molar-refractivity contribution in [2.75, 3.05) is 5.73 Å². The number of hydrogen-bond acceptors (Lipinski definition) is 4. The molecule has 0 radical (unpaired) electrons. The lowest BCUT2D eigenvalue weighted by Crippen LogP contribution is -1.86. The quantitative estimate of drug-likeness (QED) is 0.722. The van der Waals surface area contributed by atoms with Crippen LogP contribution in [0.15, 0.2) is 51.5 Å². The van der Waals surface area contributed by atoms with E-state index in [1.54, 1.807) is 36.4 Å². The lowest BCUT2D eigenvalue weighted by molar-refractivity contribution is 0.429. The van der Waals surface area contributed by atoms with E-state index in [4.69, 9.17) is 10.3 Å². The summed E-state index contributed by atoms with van der Waals surface area (Å²) in [5.74, 6) is 0.107. The number of hydrogen-bond donors (Lipinski definition) is 1. The number of rotatable bonds is 2. The molecule has 6 heteroatoms. The van der Waals surface area contributed by atoms with Gasteiger partial charge in [-0.15, -0.1) is 0 Å². The Morgan fingerprint density at radius 1 is 1.10 bits per heavy atom. The zero-order chi connectivity index (χ0) is 14.1. The molecule has 0 saturated heterocycles. The van der Waals surface area contributed by atoms with E-state index < -0.39 is 5.82 Å². The van der Waals surface area contributed by atoms with Crippen LogP contribution in [0.2, 0.25) is 0 Å². The van der Waals surface area contributed by atoms with Crippen LogP contribution in [-0.2, 0) is 0 Å². The van der Waals surface area contributed by atoms with Gasteiger partial charge in [0.1, 0.15) is 5.82 Å². The number of aromatic nitrogens is 2. The van der Waals surface area contributed by atoms with Crippen LogP contribution in [0.4, 0.5) is 10.1 Å². The largest absolute Gasteiger partial charge is 0.399 e. The van der Waals surface area contributed by atoms with Crippen LogP contribution in [0.25, 0.3) is 22.8 Å². The summed E-state index contributed by atoms with van der Waals surface area (Å²) in [7, 11) is 0. The van der Waals surface area contributed by atoms with Gasteiger partial charge in [-0.05, 0) is 42.5 Å². The second-order valence-corrected chi connectivity index (χ2v) is 5.08. The van der Waals surface area contributed by atoms with Crippen LogP contribution in [-0.4, -0.2) is 10.1 Å². The van der Waals surface area contributed by atoms with Crippen molar-refractivity contribution >= 4 is 21.6 Å². The maximum atomic E-state index is 13.8. The summed E-state index contributed by atoms with van der Waals surface area (Å²) in [6.45, 7) is 0. The third-order valence-electron chi connectivity index (χ3n) is 2.75. The van der Waals surface area contributed by atoms with Gasteiger partial charge >= 0.3 is 0 Å². The van der Waals surface area contributed by atoms with Crippen molar-refractivity contribution in [1.29, 1.82) is 0 Å². The molecule has 2 aromatic carbocycles. The Hall–Kier alpha value is -2.21. The molecule has 100 valence electrons. The van der Waals surface area contributed by atoms with Crippen molar-refractivity contribution < 1.29 is 8.91 Å². The van der Waals surface area contributed by atoms with Crippen molar-refractivity contribution in [1.82, 2.24) is 10.1 Å². The predicted octanol–water partition coefficient (Wildman–Crippen LogP) is 3.89. The van der Waals surface area contributed by atoms with Gasteiger partial charge in [-0.3, -0.25) is 0 Å². The van der Waals surface area contributed by atoms with Gasteiger partial charge in [0.15, 0.2) is 0 Å². The Balaban J connectivity index is 2.01. The van der Waals surface area contributed by atoms with E-state index in [-0.39, 0.29) is 11.5 Å². The lowest BCUT2D eigenvalue weighted by Gasteiger charge is -1.97. The van der Waals surface area contributed by atoms with Gasteiger partial charge in [-0.2, -0.15) is 4.98 Å². The van der Waals surface area contributed by atoms with Crippen LogP contribution in [0.5, 0.6) is 0 Å². The number of nitrogens with zero attached hydrogens (tertiary/aromatic N) is 2. The molecule has 20 heavy (non-hydrogen) atoms. The van der Waals surface area contributed by atoms with Gasteiger partial charge in [0, 0.05) is 15.7 Å². The Kier molecular flexibility index (Phi) is 3.23. The monoisotopic (exact) mass is 333 g/mol. The number of nitrogen functional groups attached to an aromatic ring is 1. The average Bonchev–Trinajstić information content (AvgIpc) is 2.92. The fourth-order valence-electron chi connectivity index (χ4n) is 1.74. The van der Waals surface area contributed by atoms with Crippen molar-refractivity contribution in [3.8, 4) is 22.8 Å². The van der Waals surface area contributed by atoms with Gasteiger partial charge in [0.25, 0.3) is 5.89 Å². The molecule has 0 unspecified atom stereocenters. The highest BCUT2D eigenvalue weighted by Crippen LogP contribution is 2.27. The fraction of sp³-hybridized carbons (Fsp3) is 0. The van der Waals surface area contributed by atoms with E-state index in [1.165, 1.54) is 6.07 Å². The fourth-order valence-corrected chi connectivity index (χ4v) is 2.10. The summed E-state index contributed by atoms with van der Waals surface area (Å²) >= 11 is 3.28. The minimum atomic E-state index is -0.416. The molecule has 0 bridgehead atoms. The van der Waals surface area contributed by atoms with Gasteiger partial charge < -0.3 is 10.3 Å². The molecule has 0 fully saturated rings. The van der Waals surface area contributed by atoms with Crippen LogP contribution < -0.4 is 5.73 Å². The van der Waals surface area contributed by atoms with Crippen molar-refractivity contribution in [2.24, 2.45) is 0 Å². The van der Waals surface area contributed by atoms with Crippen molar-refractivity contribution in [3.63, 3.8) is 0 Å². The highest BCUT2D eigenvalue weighted by Gasteiger charge is 2.14. The maximum absolute atomic E-state index is 13.8. The molecule has 0 aliphatic carbocycles. The normalized spacial score (nSPS) is 10.7. The number of benzene rings is 2. The van der Waals surface area contributed by atoms with Gasteiger partial charge in [0.2, 0.25) is 5.82 Å². The molecule has 0 aliphatic heterocycles. The zero-order valence-corrected chi connectivity index (χ0v) is 11.8. The Morgan fingerprint density at radius 3 is 2.60 bits per heavy atom. The molecule has 0 atom stereocenters. The minimum absolute atomic E-state index is 0.135. The van der Waals surface area contributed by atoms with E-state index in [1.807, 2.05) is 0 Å². The average molecular weight is 334 g/mol. The van der Waals surface area contributed by atoms with Crippen molar-refractivity contribution in [2.45, 2.75) is 0 Å². The van der Waals surface area contributed by atoms with Crippen LogP contribution in [0, 0.1) is 5.82 Å². The highest BCUT2D eigenvalue weighted by molar-refractivity contribution is 9.10.